The fraction of sp³-hybridized carbons (Fsp3) is 0.731. The van der Waals surface area contributed by atoms with Crippen molar-refractivity contribution in [1.82, 2.24) is 0 Å². The molecule has 27 heavy (non-hydrogen) atoms. The fourth-order valence-electron chi connectivity index (χ4n) is 3.77. The number of nitrogens with one attached hydrogen (secondary N) is 1. The second kappa shape index (κ2) is 17.0. The molecule has 0 amide bonds. The third-order valence-electron chi connectivity index (χ3n) is 5.64. The predicted octanol–water partition coefficient (Wildman–Crippen LogP) is 8.82. The predicted molar refractivity (Wildman–Crippen MR) is 122 cm³/mol. The highest BCUT2D eigenvalue weighted by atomic mass is 14.4. The Bertz CT molecular complexity index is 460. The molecule has 0 fully saturated rings. The highest BCUT2D eigenvalue weighted by Crippen LogP contribution is 2.14. The molecule has 1 N–H and O–H groups in total. The van der Waals surface area contributed by atoms with Crippen LogP contribution in [0.3, 0.4) is 0 Å². The maximum Gasteiger partial charge on any atom is 0.00582 e. The van der Waals surface area contributed by atoms with E-state index in [2.05, 4.69) is 31.2 Å². The number of benzene rings is 1. The Kier molecular flexibility index (Phi) is 15.1. The summed E-state index contributed by atoms with van der Waals surface area (Å²) in [6.07, 6.45) is 23.3. The van der Waals surface area contributed by atoms with Crippen LogP contribution in [-0.4, -0.2) is 5.71 Å². The third-order valence-corrected chi connectivity index (χ3v) is 5.64. The molecule has 1 aromatic rings. The Hall–Kier alpha value is -1.11. The molecule has 0 bridgehead atoms. The zero-order chi connectivity index (χ0) is 19.6. The van der Waals surface area contributed by atoms with Crippen molar-refractivity contribution >= 4 is 5.71 Å². The van der Waals surface area contributed by atoms with Crippen LogP contribution >= 0.6 is 0 Å². The van der Waals surface area contributed by atoms with Crippen molar-refractivity contribution in [3.63, 3.8) is 0 Å². The highest BCUT2D eigenvalue weighted by Gasteiger charge is 1.96. The molecule has 0 radical (unpaired) electrons. The molecule has 1 rings (SSSR count). The molecule has 1 heteroatoms. The van der Waals surface area contributed by atoms with Crippen LogP contribution in [0.15, 0.2) is 24.3 Å². The smallest absolute Gasteiger partial charge is 0.00582 e. The standard InChI is InChI=1S/C26H45N/c1-24-20-22-26(23-21-24)19-17-15-13-11-9-7-5-3-4-6-8-10-12-14-16-18-25(2)27/h20-23,27H,3-19H2,1-2H3. The topological polar surface area (TPSA) is 23.9 Å². The van der Waals surface area contributed by atoms with Crippen molar-refractivity contribution in [3.05, 3.63) is 35.4 Å². The van der Waals surface area contributed by atoms with Gasteiger partial charge in [-0.3, -0.25) is 0 Å². The lowest BCUT2D eigenvalue weighted by molar-refractivity contribution is 0.531. The van der Waals surface area contributed by atoms with Crippen LogP contribution < -0.4 is 0 Å². The largest absolute Gasteiger partial charge is 0.310 e. The van der Waals surface area contributed by atoms with Crippen molar-refractivity contribution in [2.45, 2.75) is 123 Å². The summed E-state index contributed by atoms with van der Waals surface area (Å²) in [7, 11) is 0. The van der Waals surface area contributed by atoms with Gasteiger partial charge < -0.3 is 5.41 Å². The van der Waals surface area contributed by atoms with Gasteiger partial charge in [0.15, 0.2) is 0 Å². The Morgan fingerprint density at radius 3 is 1.37 bits per heavy atom. The summed E-state index contributed by atoms with van der Waals surface area (Å²) in [6.45, 7) is 4.08. The Morgan fingerprint density at radius 2 is 0.963 bits per heavy atom. The second-order valence-corrected chi connectivity index (χ2v) is 8.57. The number of unbranched alkanes of at least 4 members (excludes halogenated alkanes) is 14. The van der Waals surface area contributed by atoms with Gasteiger partial charge in [-0.2, -0.15) is 0 Å². The van der Waals surface area contributed by atoms with Crippen LogP contribution in [0.1, 0.15) is 121 Å². The minimum atomic E-state index is 0.845. The molecule has 154 valence electrons. The lowest BCUT2D eigenvalue weighted by Crippen LogP contribution is -1.88. The van der Waals surface area contributed by atoms with E-state index in [0.717, 1.165) is 12.1 Å². The van der Waals surface area contributed by atoms with Crippen LogP contribution in [-0.2, 0) is 6.42 Å². The number of rotatable bonds is 18. The van der Waals surface area contributed by atoms with E-state index < -0.39 is 0 Å². The van der Waals surface area contributed by atoms with E-state index in [1.807, 2.05) is 6.92 Å². The minimum Gasteiger partial charge on any atom is -0.310 e. The molecule has 0 heterocycles. The Balaban J connectivity index is 1.73. The van der Waals surface area contributed by atoms with E-state index in [0.29, 0.717) is 0 Å². The summed E-state index contributed by atoms with van der Waals surface area (Å²) in [5.74, 6) is 0. The summed E-state index contributed by atoms with van der Waals surface area (Å²) < 4.78 is 0. The van der Waals surface area contributed by atoms with Gasteiger partial charge >= 0.3 is 0 Å². The van der Waals surface area contributed by atoms with Gasteiger partial charge in [-0.1, -0.05) is 113 Å². The molecule has 0 saturated heterocycles. The molecule has 0 aliphatic carbocycles. The van der Waals surface area contributed by atoms with E-state index in [1.54, 1.807) is 0 Å². The molecule has 0 aliphatic heterocycles. The average molecular weight is 372 g/mol. The Labute approximate surface area is 169 Å². The molecule has 0 saturated carbocycles. The molecule has 0 aliphatic rings. The van der Waals surface area contributed by atoms with Crippen LogP contribution in [0.5, 0.6) is 0 Å². The van der Waals surface area contributed by atoms with Crippen LogP contribution in [0.25, 0.3) is 0 Å². The maximum atomic E-state index is 7.42. The molecule has 0 aromatic heterocycles. The summed E-state index contributed by atoms with van der Waals surface area (Å²) in [6, 6.07) is 9.04. The van der Waals surface area contributed by atoms with E-state index in [9.17, 15) is 0 Å². The lowest BCUT2D eigenvalue weighted by Gasteiger charge is -2.04. The number of hydrogen-bond acceptors (Lipinski definition) is 1. The number of hydrogen-bond donors (Lipinski definition) is 1. The minimum absolute atomic E-state index is 0.845. The first-order valence-corrected chi connectivity index (χ1v) is 11.8. The monoisotopic (exact) mass is 371 g/mol. The lowest BCUT2D eigenvalue weighted by atomic mass is 10.0. The number of aryl methyl sites for hydroxylation is 2. The SMILES string of the molecule is CC(=N)CCCCCCCCCCCCCCCCCc1ccc(C)cc1. The van der Waals surface area contributed by atoms with Crippen molar-refractivity contribution in [2.75, 3.05) is 0 Å². The van der Waals surface area contributed by atoms with E-state index in [-0.39, 0.29) is 0 Å². The van der Waals surface area contributed by atoms with Crippen LogP contribution in [0.4, 0.5) is 0 Å². The van der Waals surface area contributed by atoms with Gasteiger partial charge in [0.2, 0.25) is 0 Å². The maximum absolute atomic E-state index is 7.42. The summed E-state index contributed by atoms with van der Waals surface area (Å²) in [5.41, 5.74) is 3.71. The van der Waals surface area contributed by atoms with Gasteiger partial charge in [0.25, 0.3) is 0 Å². The zero-order valence-electron chi connectivity index (χ0n) is 18.3. The van der Waals surface area contributed by atoms with Gasteiger partial charge in [0, 0.05) is 5.71 Å². The first-order chi connectivity index (χ1) is 13.2. The second-order valence-electron chi connectivity index (χ2n) is 8.57. The molecular formula is C26H45N. The normalized spacial score (nSPS) is 11.0. The molecule has 0 atom stereocenters. The zero-order valence-corrected chi connectivity index (χ0v) is 18.3. The summed E-state index contributed by atoms with van der Waals surface area (Å²) in [4.78, 5) is 0. The van der Waals surface area contributed by atoms with E-state index in [1.165, 1.54) is 114 Å². The molecular weight excluding hydrogens is 326 g/mol. The fourth-order valence-corrected chi connectivity index (χ4v) is 3.77. The van der Waals surface area contributed by atoms with Crippen molar-refractivity contribution in [2.24, 2.45) is 0 Å². The molecule has 1 nitrogen and oxygen atoms in total. The van der Waals surface area contributed by atoms with Crippen molar-refractivity contribution in [1.29, 1.82) is 5.41 Å². The van der Waals surface area contributed by atoms with Gasteiger partial charge in [-0.25, -0.2) is 0 Å². The summed E-state index contributed by atoms with van der Waals surface area (Å²) >= 11 is 0. The third kappa shape index (κ3) is 15.6. The molecule has 0 spiro atoms. The van der Waals surface area contributed by atoms with E-state index >= 15 is 0 Å². The molecule has 1 aromatic carbocycles. The first kappa shape index (κ1) is 23.9. The van der Waals surface area contributed by atoms with Gasteiger partial charge in [0.1, 0.15) is 0 Å². The van der Waals surface area contributed by atoms with Crippen molar-refractivity contribution in [3.8, 4) is 0 Å². The van der Waals surface area contributed by atoms with Gasteiger partial charge in [0.05, 0.1) is 0 Å². The summed E-state index contributed by atoms with van der Waals surface area (Å²) in [5, 5.41) is 7.42. The highest BCUT2D eigenvalue weighted by molar-refractivity contribution is 5.78. The Morgan fingerprint density at radius 1 is 0.593 bits per heavy atom. The van der Waals surface area contributed by atoms with Gasteiger partial charge in [-0.05, 0) is 45.1 Å². The van der Waals surface area contributed by atoms with Crippen molar-refractivity contribution < 1.29 is 0 Å². The van der Waals surface area contributed by atoms with Crippen LogP contribution in [0.2, 0.25) is 0 Å². The molecule has 0 unspecified atom stereocenters. The van der Waals surface area contributed by atoms with Gasteiger partial charge in [-0.15, -0.1) is 0 Å². The quantitative estimate of drug-likeness (QED) is 0.197. The van der Waals surface area contributed by atoms with E-state index in [4.69, 9.17) is 5.41 Å². The van der Waals surface area contributed by atoms with Crippen LogP contribution in [0, 0.1) is 12.3 Å². The average Bonchev–Trinajstić information content (AvgIpc) is 2.65. The first-order valence-electron chi connectivity index (χ1n) is 11.8.